The first-order chi connectivity index (χ1) is 10.1. The largest absolute Gasteiger partial charge is 0.481 e. The summed E-state index contributed by atoms with van der Waals surface area (Å²) in [6.07, 6.45) is 1.01. The SMILES string of the molecule is CCCN(C1COCC1C(=O)O)C(c1cccs1)C(C)C. The highest BCUT2D eigenvalue weighted by molar-refractivity contribution is 7.10. The van der Waals surface area contributed by atoms with E-state index in [2.05, 4.69) is 43.2 Å². The van der Waals surface area contributed by atoms with Crippen molar-refractivity contribution in [1.29, 1.82) is 0 Å². The smallest absolute Gasteiger partial charge is 0.310 e. The molecular formula is C16H25NO3S. The predicted molar refractivity (Wildman–Crippen MR) is 84.6 cm³/mol. The minimum atomic E-state index is -0.743. The number of carbonyl (C=O) groups is 1. The monoisotopic (exact) mass is 311 g/mol. The van der Waals surface area contributed by atoms with E-state index in [1.165, 1.54) is 4.88 Å². The summed E-state index contributed by atoms with van der Waals surface area (Å²) in [5, 5.41) is 11.5. The van der Waals surface area contributed by atoms with Gasteiger partial charge in [0.05, 0.1) is 19.1 Å². The zero-order valence-electron chi connectivity index (χ0n) is 13.0. The number of thiophene rings is 1. The van der Waals surface area contributed by atoms with Gasteiger partial charge in [0.1, 0.15) is 0 Å². The maximum atomic E-state index is 11.5. The molecule has 2 rings (SSSR count). The van der Waals surface area contributed by atoms with Crippen molar-refractivity contribution < 1.29 is 14.6 Å². The first kappa shape index (κ1) is 16.5. The Labute approximate surface area is 130 Å². The molecule has 1 aliphatic rings. The number of nitrogens with zero attached hydrogens (tertiary/aromatic N) is 1. The van der Waals surface area contributed by atoms with Crippen LogP contribution in [0.1, 0.15) is 38.1 Å². The van der Waals surface area contributed by atoms with Crippen molar-refractivity contribution >= 4 is 17.3 Å². The summed E-state index contributed by atoms with van der Waals surface area (Å²) >= 11 is 1.75. The molecule has 118 valence electrons. The number of aliphatic carboxylic acids is 1. The van der Waals surface area contributed by atoms with E-state index in [4.69, 9.17) is 4.74 Å². The van der Waals surface area contributed by atoms with Crippen LogP contribution in [0.15, 0.2) is 17.5 Å². The van der Waals surface area contributed by atoms with Gasteiger partial charge >= 0.3 is 5.97 Å². The second-order valence-corrected chi connectivity index (χ2v) is 6.97. The molecule has 2 heterocycles. The molecule has 1 aromatic heterocycles. The second kappa shape index (κ2) is 7.38. The number of ether oxygens (including phenoxy) is 1. The van der Waals surface area contributed by atoms with E-state index in [0.717, 1.165) is 13.0 Å². The summed E-state index contributed by atoms with van der Waals surface area (Å²) in [5.41, 5.74) is 0. The molecule has 3 atom stereocenters. The Balaban J connectivity index is 2.29. The molecule has 0 aromatic carbocycles. The molecule has 0 saturated carbocycles. The highest BCUT2D eigenvalue weighted by atomic mass is 32.1. The van der Waals surface area contributed by atoms with Gasteiger partial charge in [0.25, 0.3) is 0 Å². The maximum absolute atomic E-state index is 11.5. The van der Waals surface area contributed by atoms with Crippen LogP contribution in [-0.2, 0) is 9.53 Å². The number of carboxylic acids is 1. The summed E-state index contributed by atoms with van der Waals surface area (Å²) in [6, 6.07) is 4.46. The van der Waals surface area contributed by atoms with E-state index < -0.39 is 11.9 Å². The first-order valence-corrected chi connectivity index (χ1v) is 8.53. The van der Waals surface area contributed by atoms with E-state index in [0.29, 0.717) is 19.1 Å². The lowest BCUT2D eigenvalue weighted by Gasteiger charge is -2.39. The van der Waals surface area contributed by atoms with Gasteiger partial charge in [-0.05, 0) is 30.3 Å². The standard InChI is InChI=1S/C16H25NO3S/c1-4-7-17(13-10-20-9-12(13)16(18)19)15(11(2)3)14-6-5-8-21-14/h5-6,8,11-13,15H,4,7,9-10H2,1-3H3,(H,18,19). The summed E-state index contributed by atoms with van der Waals surface area (Å²) in [4.78, 5) is 15.2. The number of rotatable bonds is 7. The molecule has 1 saturated heterocycles. The molecule has 0 spiro atoms. The van der Waals surface area contributed by atoms with Gasteiger partial charge in [-0.1, -0.05) is 26.8 Å². The second-order valence-electron chi connectivity index (χ2n) is 5.99. The third-order valence-corrected chi connectivity index (χ3v) is 5.04. The van der Waals surface area contributed by atoms with Crippen molar-refractivity contribution in [1.82, 2.24) is 4.90 Å². The fourth-order valence-electron chi connectivity index (χ4n) is 3.21. The Morgan fingerprint density at radius 3 is 2.81 bits per heavy atom. The van der Waals surface area contributed by atoms with Crippen LogP contribution in [0.4, 0.5) is 0 Å². The molecular weight excluding hydrogens is 286 g/mol. The van der Waals surface area contributed by atoms with Gasteiger partial charge in [0.2, 0.25) is 0 Å². The van der Waals surface area contributed by atoms with Crippen molar-refractivity contribution in [2.45, 2.75) is 39.3 Å². The number of hydrogen-bond acceptors (Lipinski definition) is 4. The van der Waals surface area contributed by atoms with E-state index >= 15 is 0 Å². The molecule has 21 heavy (non-hydrogen) atoms. The van der Waals surface area contributed by atoms with Crippen molar-refractivity contribution in [2.75, 3.05) is 19.8 Å². The summed E-state index contributed by atoms with van der Waals surface area (Å²) in [6.45, 7) is 8.31. The average molecular weight is 311 g/mol. The minimum Gasteiger partial charge on any atom is -0.481 e. The van der Waals surface area contributed by atoms with Crippen LogP contribution >= 0.6 is 11.3 Å². The Morgan fingerprint density at radius 1 is 1.52 bits per heavy atom. The fraction of sp³-hybridized carbons (Fsp3) is 0.688. The van der Waals surface area contributed by atoms with Crippen LogP contribution in [-0.4, -0.2) is 41.8 Å². The van der Waals surface area contributed by atoms with Gasteiger partial charge in [-0.2, -0.15) is 0 Å². The van der Waals surface area contributed by atoms with Crippen LogP contribution in [0.25, 0.3) is 0 Å². The fourth-order valence-corrected chi connectivity index (χ4v) is 4.23. The van der Waals surface area contributed by atoms with E-state index in [1.807, 2.05) is 0 Å². The highest BCUT2D eigenvalue weighted by Gasteiger charge is 2.41. The van der Waals surface area contributed by atoms with Crippen LogP contribution in [0.3, 0.4) is 0 Å². The molecule has 0 radical (unpaired) electrons. The molecule has 5 heteroatoms. The van der Waals surface area contributed by atoms with E-state index in [-0.39, 0.29) is 12.1 Å². The molecule has 0 amide bonds. The lowest BCUT2D eigenvalue weighted by molar-refractivity contribution is -0.143. The quantitative estimate of drug-likeness (QED) is 0.840. The minimum absolute atomic E-state index is 0.0306. The van der Waals surface area contributed by atoms with E-state index in [9.17, 15) is 9.90 Å². The number of hydrogen-bond donors (Lipinski definition) is 1. The predicted octanol–water partition coefficient (Wildman–Crippen LogP) is 3.26. The Bertz CT molecular complexity index is 446. The molecule has 1 N–H and O–H groups in total. The zero-order chi connectivity index (χ0) is 15.4. The summed E-state index contributed by atoms with van der Waals surface area (Å²) in [5.74, 6) is -0.727. The zero-order valence-corrected chi connectivity index (χ0v) is 13.8. The average Bonchev–Trinajstić information content (AvgIpc) is 3.08. The molecule has 1 fully saturated rings. The highest BCUT2D eigenvalue weighted by Crippen LogP contribution is 2.36. The van der Waals surface area contributed by atoms with E-state index in [1.54, 1.807) is 11.3 Å². The molecule has 1 aromatic rings. The van der Waals surface area contributed by atoms with Gasteiger partial charge in [0.15, 0.2) is 0 Å². The topological polar surface area (TPSA) is 49.8 Å². The normalized spacial score (nSPS) is 23.9. The van der Waals surface area contributed by atoms with Gasteiger partial charge in [-0.25, -0.2) is 0 Å². The molecule has 1 aliphatic heterocycles. The molecule has 0 bridgehead atoms. The summed E-state index contributed by atoms with van der Waals surface area (Å²) in [7, 11) is 0. The lowest BCUT2D eigenvalue weighted by Crippen LogP contribution is -2.46. The Kier molecular flexibility index (Phi) is 5.79. The van der Waals surface area contributed by atoms with Crippen molar-refractivity contribution in [3.05, 3.63) is 22.4 Å². The van der Waals surface area contributed by atoms with Crippen LogP contribution in [0, 0.1) is 11.8 Å². The molecule has 3 unspecified atom stereocenters. The van der Waals surface area contributed by atoms with Crippen molar-refractivity contribution in [3.63, 3.8) is 0 Å². The van der Waals surface area contributed by atoms with Crippen LogP contribution in [0.2, 0.25) is 0 Å². The first-order valence-electron chi connectivity index (χ1n) is 7.66. The van der Waals surface area contributed by atoms with Crippen LogP contribution in [0.5, 0.6) is 0 Å². The van der Waals surface area contributed by atoms with Gasteiger partial charge in [0, 0.05) is 17.0 Å². The summed E-state index contributed by atoms with van der Waals surface area (Å²) < 4.78 is 5.49. The third kappa shape index (κ3) is 3.65. The van der Waals surface area contributed by atoms with Crippen molar-refractivity contribution in [3.8, 4) is 0 Å². The van der Waals surface area contributed by atoms with Crippen molar-refractivity contribution in [2.24, 2.45) is 11.8 Å². The van der Waals surface area contributed by atoms with Gasteiger partial charge in [-0.15, -0.1) is 11.3 Å². The Morgan fingerprint density at radius 2 is 2.29 bits per heavy atom. The van der Waals surface area contributed by atoms with Gasteiger partial charge in [-0.3, -0.25) is 9.69 Å². The number of carboxylic acid groups (broad SMARTS) is 1. The van der Waals surface area contributed by atoms with Gasteiger partial charge < -0.3 is 9.84 Å². The lowest BCUT2D eigenvalue weighted by atomic mass is 9.94. The molecule has 4 nitrogen and oxygen atoms in total. The third-order valence-electron chi connectivity index (χ3n) is 4.10. The Hall–Kier alpha value is -0.910. The maximum Gasteiger partial charge on any atom is 0.310 e. The van der Waals surface area contributed by atoms with Crippen LogP contribution < -0.4 is 0 Å². The molecule has 0 aliphatic carbocycles.